The van der Waals surface area contributed by atoms with Crippen LogP contribution in [0.5, 0.6) is 0 Å². The van der Waals surface area contributed by atoms with E-state index in [-0.39, 0.29) is 42.5 Å². The lowest BCUT2D eigenvalue weighted by Crippen LogP contribution is -2.56. The quantitative estimate of drug-likeness (QED) is 0.277. The molecule has 0 amide bonds. The predicted octanol–water partition coefficient (Wildman–Crippen LogP) is 3.77. The van der Waals surface area contributed by atoms with E-state index < -0.39 is 17.2 Å². The Morgan fingerprint density at radius 1 is 1.19 bits per heavy atom. The van der Waals surface area contributed by atoms with Gasteiger partial charge in [-0.15, -0.1) is 0 Å². The Morgan fingerprint density at radius 2 is 1.98 bits per heavy atom. The molecular weight excluding hydrogens is 558 g/mol. The van der Waals surface area contributed by atoms with Crippen LogP contribution in [0, 0.1) is 28.9 Å². The number of rotatable bonds is 9. The number of pyridine rings is 1. The van der Waals surface area contributed by atoms with Gasteiger partial charge in [0.1, 0.15) is 17.2 Å². The summed E-state index contributed by atoms with van der Waals surface area (Å²) in [6.45, 7) is 4.10. The van der Waals surface area contributed by atoms with Gasteiger partial charge in [0, 0.05) is 38.4 Å². The molecule has 2 fully saturated rings. The van der Waals surface area contributed by atoms with Crippen LogP contribution < -0.4 is 16.0 Å². The van der Waals surface area contributed by atoms with Gasteiger partial charge in [-0.2, -0.15) is 14.9 Å². The summed E-state index contributed by atoms with van der Waals surface area (Å²) in [5.41, 5.74) is 8.04. The van der Waals surface area contributed by atoms with E-state index in [0.717, 1.165) is 5.69 Å². The van der Waals surface area contributed by atoms with Crippen LogP contribution >= 0.6 is 0 Å². The molecule has 0 radical (unpaired) electrons. The van der Waals surface area contributed by atoms with Crippen molar-refractivity contribution in [2.24, 2.45) is 11.7 Å². The summed E-state index contributed by atoms with van der Waals surface area (Å²) in [5, 5.41) is 16.7. The molecule has 0 bridgehead atoms. The number of methoxy groups -OCH3 is 1. The monoisotopic (exact) mass is 590 g/mol. The van der Waals surface area contributed by atoms with Gasteiger partial charge in [-0.05, 0) is 35.9 Å². The van der Waals surface area contributed by atoms with Crippen LogP contribution in [0.4, 0.5) is 26.1 Å². The third-order valence-corrected chi connectivity index (χ3v) is 8.10. The number of hydrogen-bond donors (Lipinski definition) is 2. The lowest BCUT2D eigenvalue weighted by atomic mass is 9.90. The maximum absolute atomic E-state index is 15.4. The van der Waals surface area contributed by atoms with E-state index in [1.807, 2.05) is 6.07 Å². The lowest BCUT2D eigenvalue weighted by molar-refractivity contribution is -0.202. The molecule has 11 nitrogen and oxygen atoms in total. The van der Waals surface area contributed by atoms with Gasteiger partial charge < -0.3 is 30.2 Å². The Hall–Kier alpha value is -4.22. The first-order valence-electron chi connectivity index (χ1n) is 14.0. The smallest absolute Gasteiger partial charge is 0.229 e. The minimum absolute atomic E-state index is 0.108. The number of nitriles is 1. The van der Waals surface area contributed by atoms with Gasteiger partial charge in [-0.1, -0.05) is 6.92 Å². The van der Waals surface area contributed by atoms with Crippen LogP contribution in [0.3, 0.4) is 0 Å². The number of nitrogens with zero attached hydrogens (tertiary/aromatic N) is 6. The number of piperidine rings is 1. The highest BCUT2D eigenvalue weighted by Crippen LogP contribution is 2.37. The Kier molecular flexibility index (Phi) is 7.93. The maximum atomic E-state index is 15.4. The average Bonchev–Trinajstić information content (AvgIpc) is 3.36. The number of fused-ring (bicyclic) bond motifs is 1. The molecule has 0 unspecified atom stereocenters. The highest BCUT2D eigenvalue weighted by Gasteiger charge is 2.42. The molecule has 1 aromatic carbocycles. The molecule has 3 atom stereocenters. The molecule has 3 aromatic heterocycles. The van der Waals surface area contributed by atoms with Gasteiger partial charge in [-0.25, -0.2) is 13.8 Å². The first-order chi connectivity index (χ1) is 20.8. The largest absolute Gasteiger partial charge is 0.375 e. The van der Waals surface area contributed by atoms with Crippen molar-refractivity contribution in [2.45, 2.75) is 31.1 Å². The lowest BCUT2D eigenvalue weighted by Gasteiger charge is -2.42. The molecule has 4 aromatic rings. The molecule has 0 saturated carbocycles. The second-order valence-electron chi connectivity index (χ2n) is 11.0. The average molecular weight is 591 g/mol. The molecule has 2 aliphatic rings. The van der Waals surface area contributed by atoms with Crippen molar-refractivity contribution in [2.75, 3.05) is 50.2 Å². The van der Waals surface area contributed by atoms with E-state index in [0.29, 0.717) is 48.8 Å². The number of ether oxygens (including phenoxy) is 3. The number of nitrogens with one attached hydrogen (secondary N) is 1. The maximum Gasteiger partial charge on any atom is 0.229 e. The molecule has 224 valence electrons. The van der Waals surface area contributed by atoms with Gasteiger partial charge in [-0.3, -0.25) is 4.98 Å². The zero-order chi connectivity index (χ0) is 30.1. The van der Waals surface area contributed by atoms with E-state index in [2.05, 4.69) is 38.3 Å². The minimum Gasteiger partial charge on any atom is -0.375 e. The highest BCUT2D eigenvalue weighted by molar-refractivity contribution is 5.74. The topological polar surface area (TPSA) is 136 Å². The number of benzene rings is 1. The number of imidazole rings is 1. The highest BCUT2D eigenvalue weighted by atomic mass is 19.1. The fourth-order valence-corrected chi connectivity index (χ4v) is 5.78. The molecule has 2 aliphatic heterocycles. The minimum atomic E-state index is -0.859. The normalized spacial score (nSPS) is 21.4. The van der Waals surface area contributed by atoms with Crippen molar-refractivity contribution in [3.63, 3.8) is 0 Å². The van der Waals surface area contributed by atoms with Gasteiger partial charge in [0.2, 0.25) is 5.95 Å². The summed E-state index contributed by atoms with van der Waals surface area (Å²) in [6.07, 6.45) is 5.16. The summed E-state index contributed by atoms with van der Waals surface area (Å²) < 4.78 is 48.9. The Bertz CT molecular complexity index is 1630. The third-order valence-electron chi connectivity index (χ3n) is 8.10. The van der Waals surface area contributed by atoms with Crippen LogP contribution in [0.25, 0.3) is 16.8 Å². The van der Waals surface area contributed by atoms with Gasteiger partial charge in [0.15, 0.2) is 0 Å². The molecule has 43 heavy (non-hydrogen) atoms. The Morgan fingerprint density at radius 3 is 2.65 bits per heavy atom. The summed E-state index contributed by atoms with van der Waals surface area (Å²) >= 11 is 0. The number of hydrogen-bond acceptors (Lipinski definition) is 10. The van der Waals surface area contributed by atoms with Crippen molar-refractivity contribution in [3.8, 4) is 17.3 Å². The number of halogens is 2. The van der Waals surface area contributed by atoms with Crippen molar-refractivity contribution < 1.29 is 23.0 Å². The van der Waals surface area contributed by atoms with Crippen molar-refractivity contribution >= 4 is 22.8 Å². The number of aromatic nitrogens is 4. The zero-order valence-electron chi connectivity index (χ0n) is 23.8. The SMILES string of the molecule is COC1(c2cc(F)c(-c3ccc4cnc(Nc5cnccc5N5C[C@@H](N)[C@@H](OCCC#N)[C@@H](C)C5)n4n3)c(F)c2)COC1. The summed E-state index contributed by atoms with van der Waals surface area (Å²) in [5.74, 6) is -1.04. The predicted molar refractivity (Wildman–Crippen MR) is 155 cm³/mol. The van der Waals surface area contributed by atoms with E-state index in [4.69, 9.17) is 25.2 Å². The van der Waals surface area contributed by atoms with Gasteiger partial charge in [0.25, 0.3) is 0 Å². The summed E-state index contributed by atoms with van der Waals surface area (Å²) in [4.78, 5) is 10.9. The Balaban J connectivity index is 1.27. The van der Waals surface area contributed by atoms with Crippen LogP contribution in [0.1, 0.15) is 18.9 Å². The van der Waals surface area contributed by atoms with Crippen LogP contribution in [0.15, 0.2) is 48.9 Å². The van der Waals surface area contributed by atoms with E-state index in [1.54, 1.807) is 30.7 Å². The first kappa shape index (κ1) is 28.9. The van der Waals surface area contributed by atoms with Crippen molar-refractivity contribution in [1.82, 2.24) is 19.6 Å². The summed E-state index contributed by atoms with van der Waals surface area (Å²) in [7, 11) is 1.49. The standard InChI is InChI=1S/C30H32F2N8O3/c1-18-14-39(15-23(34)28(18)43-9-3-7-33)26-6-8-35-13-25(26)37-29-36-12-20-4-5-24(38-40(20)29)27-21(31)10-19(11-22(27)32)30(41-2)16-42-17-30/h4-6,8,10-13,18,23,28H,3,9,14-17,34H2,1-2H3,(H,36,37)/t18-,23+,28-/m0/s1. The van der Waals surface area contributed by atoms with E-state index in [1.165, 1.54) is 23.8 Å². The fourth-order valence-electron chi connectivity index (χ4n) is 5.78. The van der Waals surface area contributed by atoms with Crippen LogP contribution in [0.2, 0.25) is 0 Å². The molecule has 2 saturated heterocycles. The van der Waals surface area contributed by atoms with E-state index >= 15 is 8.78 Å². The van der Waals surface area contributed by atoms with Crippen LogP contribution in [-0.4, -0.2) is 71.7 Å². The summed E-state index contributed by atoms with van der Waals surface area (Å²) in [6, 6.07) is 9.53. The molecular formula is C30H32F2N8O3. The molecule has 13 heteroatoms. The second-order valence-corrected chi connectivity index (χ2v) is 11.0. The van der Waals surface area contributed by atoms with E-state index in [9.17, 15) is 0 Å². The van der Waals surface area contributed by atoms with Crippen LogP contribution in [-0.2, 0) is 19.8 Å². The molecule has 0 spiro atoms. The van der Waals surface area contributed by atoms with Crippen molar-refractivity contribution in [3.05, 3.63) is 66.1 Å². The fraction of sp³-hybridized carbons (Fsp3) is 0.400. The van der Waals surface area contributed by atoms with Crippen molar-refractivity contribution in [1.29, 1.82) is 5.26 Å². The number of nitrogens with two attached hydrogens (primary N) is 1. The number of anilines is 3. The first-order valence-corrected chi connectivity index (χ1v) is 14.0. The molecule has 0 aliphatic carbocycles. The zero-order valence-corrected chi connectivity index (χ0v) is 23.8. The molecule has 3 N–H and O–H groups in total. The second kappa shape index (κ2) is 11.8. The van der Waals surface area contributed by atoms with Gasteiger partial charge >= 0.3 is 0 Å². The third kappa shape index (κ3) is 5.38. The van der Waals surface area contributed by atoms with Gasteiger partial charge in [0.05, 0.1) is 79.0 Å². The molecule has 6 rings (SSSR count). The Labute approximate surface area is 247 Å². The molecule has 5 heterocycles.